The van der Waals surface area contributed by atoms with E-state index in [9.17, 15) is 0 Å². The molecule has 3 N–H and O–H groups in total. The van der Waals surface area contributed by atoms with Crippen molar-refractivity contribution in [3.63, 3.8) is 0 Å². The molecule has 0 atom stereocenters. The third-order valence-electron chi connectivity index (χ3n) is 3.47. The van der Waals surface area contributed by atoms with Crippen molar-refractivity contribution in [1.82, 2.24) is 9.88 Å². The average molecular weight is 245 g/mol. The summed E-state index contributed by atoms with van der Waals surface area (Å²) in [6, 6.07) is 8.58. The number of benzene rings is 1. The summed E-state index contributed by atoms with van der Waals surface area (Å²) >= 11 is 0. The first-order valence-corrected chi connectivity index (χ1v) is 6.46. The van der Waals surface area contributed by atoms with Crippen LogP contribution in [0.3, 0.4) is 0 Å². The van der Waals surface area contributed by atoms with Crippen molar-refractivity contribution in [2.24, 2.45) is 5.73 Å². The maximum absolute atomic E-state index is 5.66. The van der Waals surface area contributed by atoms with E-state index in [1.807, 2.05) is 0 Å². The van der Waals surface area contributed by atoms with Crippen LogP contribution in [0.25, 0.3) is 10.9 Å². The first kappa shape index (κ1) is 11.7. The average Bonchev–Trinajstić information content (AvgIpc) is 2.80. The van der Waals surface area contributed by atoms with Gasteiger partial charge >= 0.3 is 0 Å². The Balaban J connectivity index is 1.79. The van der Waals surface area contributed by atoms with Crippen molar-refractivity contribution in [2.45, 2.75) is 13.1 Å². The lowest BCUT2D eigenvalue weighted by Gasteiger charge is -2.25. The van der Waals surface area contributed by atoms with Gasteiger partial charge in [0.15, 0.2) is 0 Å². The molecule has 0 unspecified atom stereocenters. The summed E-state index contributed by atoms with van der Waals surface area (Å²) in [6.45, 7) is 5.29. The third kappa shape index (κ3) is 2.41. The van der Waals surface area contributed by atoms with Crippen LogP contribution in [0.5, 0.6) is 0 Å². The lowest BCUT2D eigenvalue weighted by Crippen LogP contribution is -2.35. The molecule has 0 bridgehead atoms. The van der Waals surface area contributed by atoms with Gasteiger partial charge in [-0.15, -0.1) is 0 Å². The van der Waals surface area contributed by atoms with Crippen LogP contribution in [-0.4, -0.2) is 36.2 Å². The molecule has 1 fully saturated rings. The van der Waals surface area contributed by atoms with Gasteiger partial charge in [-0.05, 0) is 23.8 Å². The highest BCUT2D eigenvalue weighted by atomic mass is 16.5. The molecule has 0 aliphatic carbocycles. The summed E-state index contributed by atoms with van der Waals surface area (Å²) in [7, 11) is 0. The van der Waals surface area contributed by atoms with Crippen molar-refractivity contribution >= 4 is 10.9 Å². The number of ether oxygens (including phenoxy) is 1. The Morgan fingerprint density at radius 3 is 2.83 bits per heavy atom. The second-order valence-corrected chi connectivity index (χ2v) is 4.81. The van der Waals surface area contributed by atoms with Crippen LogP contribution in [0.4, 0.5) is 0 Å². The van der Waals surface area contributed by atoms with Gasteiger partial charge in [0.1, 0.15) is 0 Å². The van der Waals surface area contributed by atoms with Crippen molar-refractivity contribution < 1.29 is 4.74 Å². The number of hydrogen-bond donors (Lipinski definition) is 2. The predicted octanol–water partition coefficient (Wildman–Crippen LogP) is 1.46. The molecule has 4 nitrogen and oxygen atoms in total. The molecule has 1 aliphatic heterocycles. The van der Waals surface area contributed by atoms with Crippen molar-refractivity contribution in [3.8, 4) is 0 Å². The monoisotopic (exact) mass is 245 g/mol. The molecule has 1 aliphatic rings. The molecule has 0 spiro atoms. The van der Waals surface area contributed by atoms with Gasteiger partial charge in [-0.2, -0.15) is 0 Å². The van der Waals surface area contributed by atoms with Crippen LogP contribution >= 0.6 is 0 Å². The van der Waals surface area contributed by atoms with Crippen molar-refractivity contribution in [1.29, 1.82) is 0 Å². The standard InChI is InChI=1S/C14H19N3O/c15-9-11-1-2-14-12(7-11)8-13(16-14)10-17-3-5-18-6-4-17/h1-2,7-8,16H,3-6,9-10,15H2. The number of H-pyrrole nitrogens is 1. The molecule has 0 saturated carbocycles. The molecule has 1 saturated heterocycles. The molecule has 1 aromatic heterocycles. The van der Waals surface area contributed by atoms with E-state index in [-0.39, 0.29) is 0 Å². The second kappa shape index (κ2) is 5.10. The summed E-state index contributed by atoms with van der Waals surface area (Å²) in [4.78, 5) is 5.89. The minimum Gasteiger partial charge on any atom is -0.379 e. The largest absolute Gasteiger partial charge is 0.379 e. The summed E-state index contributed by atoms with van der Waals surface area (Å²) in [5, 5.41) is 1.25. The normalized spacial score (nSPS) is 17.4. The van der Waals surface area contributed by atoms with Gasteiger partial charge in [0.2, 0.25) is 0 Å². The van der Waals surface area contributed by atoms with Gasteiger partial charge in [0.25, 0.3) is 0 Å². The number of hydrogen-bond acceptors (Lipinski definition) is 3. The Kier molecular flexibility index (Phi) is 3.32. The highest BCUT2D eigenvalue weighted by Gasteiger charge is 2.11. The van der Waals surface area contributed by atoms with Crippen LogP contribution in [0.1, 0.15) is 11.3 Å². The van der Waals surface area contributed by atoms with Crippen LogP contribution in [0, 0.1) is 0 Å². The Bertz CT molecular complexity index is 529. The van der Waals surface area contributed by atoms with Gasteiger partial charge in [0, 0.05) is 42.8 Å². The molecular formula is C14H19N3O. The minimum atomic E-state index is 0.597. The third-order valence-corrected chi connectivity index (χ3v) is 3.47. The molecule has 96 valence electrons. The smallest absolute Gasteiger partial charge is 0.0594 e. The van der Waals surface area contributed by atoms with E-state index in [1.54, 1.807) is 0 Å². The first-order valence-electron chi connectivity index (χ1n) is 6.46. The van der Waals surface area contributed by atoms with Crippen LogP contribution in [-0.2, 0) is 17.8 Å². The Labute approximate surface area is 107 Å². The Morgan fingerprint density at radius 1 is 1.22 bits per heavy atom. The minimum absolute atomic E-state index is 0.597. The molecular weight excluding hydrogens is 226 g/mol. The Morgan fingerprint density at radius 2 is 2.06 bits per heavy atom. The molecule has 2 aromatic rings. The quantitative estimate of drug-likeness (QED) is 0.860. The van der Waals surface area contributed by atoms with Gasteiger partial charge in [-0.3, -0.25) is 4.90 Å². The van der Waals surface area contributed by atoms with E-state index in [2.05, 4.69) is 34.1 Å². The number of nitrogens with two attached hydrogens (primary N) is 1. The molecule has 2 heterocycles. The SMILES string of the molecule is NCc1ccc2[nH]c(CN3CCOCC3)cc2c1. The number of aromatic nitrogens is 1. The fourth-order valence-electron chi connectivity index (χ4n) is 2.45. The summed E-state index contributed by atoms with van der Waals surface area (Å²) in [5.74, 6) is 0. The number of fused-ring (bicyclic) bond motifs is 1. The summed E-state index contributed by atoms with van der Waals surface area (Å²) in [5.41, 5.74) is 9.30. The maximum Gasteiger partial charge on any atom is 0.0594 e. The second-order valence-electron chi connectivity index (χ2n) is 4.81. The molecule has 3 rings (SSSR count). The Hall–Kier alpha value is -1.36. The zero-order valence-corrected chi connectivity index (χ0v) is 10.5. The first-order chi connectivity index (χ1) is 8.85. The molecule has 1 aromatic carbocycles. The number of rotatable bonds is 3. The van der Waals surface area contributed by atoms with Crippen molar-refractivity contribution in [3.05, 3.63) is 35.5 Å². The van der Waals surface area contributed by atoms with Crippen LogP contribution in [0.2, 0.25) is 0 Å². The predicted molar refractivity (Wildman–Crippen MR) is 72.3 cm³/mol. The van der Waals surface area contributed by atoms with E-state index >= 15 is 0 Å². The summed E-state index contributed by atoms with van der Waals surface area (Å²) < 4.78 is 5.36. The van der Waals surface area contributed by atoms with Crippen molar-refractivity contribution in [2.75, 3.05) is 26.3 Å². The molecule has 0 amide bonds. The van der Waals surface area contributed by atoms with E-state index in [0.717, 1.165) is 32.8 Å². The van der Waals surface area contributed by atoms with Gasteiger partial charge in [-0.1, -0.05) is 6.07 Å². The lowest BCUT2D eigenvalue weighted by molar-refractivity contribution is 0.0337. The van der Waals surface area contributed by atoms with E-state index in [4.69, 9.17) is 10.5 Å². The number of nitrogens with one attached hydrogen (secondary N) is 1. The zero-order chi connectivity index (χ0) is 12.4. The van der Waals surface area contributed by atoms with Crippen LogP contribution < -0.4 is 5.73 Å². The number of aromatic amines is 1. The maximum atomic E-state index is 5.66. The highest BCUT2D eigenvalue weighted by Crippen LogP contribution is 2.18. The van der Waals surface area contributed by atoms with Gasteiger partial charge in [-0.25, -0.2) is 0 Å². The number of nitrogens with zero attached hydrogens (tertiary/aromatic N) is 1. The zero-order valence-electron chi connectivity index (χ0n) is 10.5. The highest BCUT2D eigenvalue weighted by molar-refractivity contribution is 5.81. The van der Waals surface area contributed by atoms with E-state index < -0.39 is 0 Å². The number of morpholine rings is 1. The molecule has 0 radical (unpaired) electrons. The van der Waals surface area contributed by atoms with Gasteiger partial charge < -0.3 is 15.5 Å². The topological polar surface area (TPSA) is 54.3 Å². The van der Waals surface area contributed by atoms with E-state index in [1.165, 1.54) is 22.2 Å². The van der Waals surface area contributed by atoms with Gasteiger partial charge in [0.05, 0.1) is 13.2 Å². The molecule has 4 heteroatoms. The van der Waals surface area contributed by atoms with E-state index in [0.29, 0.717) is 6.54 Å². The van der Waals surface area contributed by atoms with Crippen LogP contribution in [0.15, 0.2) is 24.3 Å². The fraction of sp³-hybridized carbons (Fsp3) is 0.429. The fourth-order valence-corrected chi connectivity index (χ4v) is 2.45. The lowest BCUT2D eigenvalue weighted by atomic mass is 10.1. The molecule has 18 heavy (non-hydrogen) atoms. The summed E-state index contributed by atoms with van der Waals surface area (Å²) in [6.07, 6.45) is 0.